The Morgan fingerprint density at radius 3 is 2.79 bits per heavy atom. The molecule has 0 atom stereocenters. The van der Waals surface area contributed by atoms with Crippen LogP contribution in [0.1, 0.15) is 11.1 Å². The van der Waals surface area contributed by atoms with E-state index in [9.17, 15) is 0 Å². The molecule has 0 bridgehead atoms. The van der Waals surface area contributed by atoms with Crippen molar-refractivity contribution in [1.29, 1.82) is 0 Å². The van der Waals surface area contributed by atoms with Gasteiger partial charge in [0.15, 0.2) is 0 Å². The summed E-state index contributed by atoms with van der Waals surface area (Å²) in [6.45, 7) is 2.99. The predicted molar refractivity (Wildman–Crippen MR) is 84.3 cm³/mol. The zero-order valence-electron chi connectivity index (χ0n) is 10.7. The van der Waals surface area contributed by atoms with Gasteiger partial charge in [0.05, 0.1) is 0 Å². The molecule has 0 amide bonds. The molecule has 3 heteroatoms. The molecule has 3 rings (SSSR count). The lowest BCUT2D eigenvalue weighted by molar-refractivity contribution is 0.833. The molecule has 0 saturated heterocycles. The lowest BCUT2D eigenvalue weighted by atomic mass is 10.1. The van der Waals surface area contributed by atoms with E-state index < -0.39 is 0 Å². The molecule has 0 aliphatic heterocycles. The topological polar surface area (TPSA) is 30.9 Å². The van der Waals surface area contributed by atoms with Gasteiger partial charge in [0.2, 0.25) is 0 Å². The average Bonchev–Trinajstić information content (AvgIpc) is 2.78. The summed E-state index contributed by atoms with van der Waals surface area (Å²) in [5, 5.41) is 1.31. The molecule has 0 unspecified atom stereocenters. The maximum Gasteiger partial charge on any atom is 0.0487 e. The number of nitrogen functional groups attached to an aromatic ring is 1. The molecule has 96 valence electrons. The number of aryl methyl sites for hydroxylation is 1. The Hall–Kier alpha value is -1.74. The average molecular weight is 315 g/mol. The molecule has 2 N–H and O–H groups in total. The van der Waals surface area contributed by atoms with Gasteiger partial charge in [-0.15, -0.1) is 0 Å². The zero-order chi connectivity index (χ0) is 13.4. The first-order chi connectivity index (χ1) is 9.15. The zero-order valence-corrected chi connectivity index (χ0v) is 12.3. The number of anilines is 1. The Bertz CT molecular complexity index is 744. The van der Waals surface area contributed by atoms with Crippen LogP contribution < -0.4 is 5.73 Å². The van der Waals surface area contributed by atoms with E-state index in [1.807, 2.05) is 12.1 Å². The summed E-state index contributed by atoms with van der Waals surface area (Å²) >= 11 is 3.58. The standard InChI is InChI=1S/C16H15BrN2/c1-11-3-2-4-16-14(11)7-8-19(16)10-12-5-6-13(18)9-15(12)17/h2-9H,10,18H2,1H3. The van der Waals surface area contributed by atoms with Crippen LogP contribution in [0.25, 0.3) is 10.9 Å². The first-order valence-corrected chi connectivity index (χ1v) is 7.03. The second-order valence-electron chi connectivity index (χ2n) is 4.80. The number of hydrogen-bond donors (Lipinski definition) is 1. The van der Waals surface area contributed by atoms with E-state index in [1.54, 1.807) is 0 Å². The van der Waals surface area contributed by atoms with Crippen molar-refractivity contribution < 1.29 is 0 Å². The number of fused-ring (bicyclic) bond motifs is 1. The second kappa shape index (κ2) is 4.74. The van der Waals surface area contributed by atoms with Gasteiger partial charge >= 0.3 is 0 Å². The number of aromatic nitrogens is 1. The van der Waals surface area contributed by atoms with Crippen molar-refractivity contribution in [2.75, 3.05) is 5.73 Å². The molecule has 0 fully saturated rings. The highest BCUT2D eigenvalue weighted by Crippen LogP contribution is 2.24. The Labute approximate surface area is 121 Å². The fourth-order valence-corrected chi connectivity index (χ4v) is 2.91. The van der Waals surface area contributed by atoms with E-state index in [-0.39, 0.29) is 0 Å². The third kappa shape index (κ3) is 2.26. The highest BCUT2D eigenvalue weighted by Gasteiger charge is 2.06. The van der Waals surface area contributed by atoms with Crippen LogP contribution in [-0.4, -0.2) is 4.57 Å². The molecule has 19 heavy (non-hydrogen) atoms. The molecule has 0 spiro atoms. The summed E-state index contributed by atoms with van der Waals surface area (Å²) in [7, 11) is 0. The van der Waals surface area contributed by atoms with Crippen LogP contribution >= 0.6 is 15.9 Å². The fraction of sp³-hybridized carbons (Fsp3) is 0.125. The highest BCUT2D eigenvalue weighted by atomic mass is 79.9. The number of halogens is 1. The Morgan fingerprint density at radius 1 is 1.16 bits per heavy atom. The molecule has 3 aromatic rings. The number of nitrogens with zero attached hydrogens (tertiary/aromatic N) is 1. The van der Waals surface area contributed by atoms with Crippen LogP contribution in [0.4, 0.5) is 5.69 Å². The van der Waals surface area contributed by atoms with Crippen molar-refractivity contribution in [3.05, 3.63) is 64.3 Å². The minimum Gasteiger partial charge on any atom is -0.399 e. The second-order valence-corrected chi connectivity index (χ2v) is 5.66. The maximum absolute atomic E-state index is 5.77. The van der Waals surface area contributed by atoms with Crippen LogP contribution in [0.15, 0.2) is 53.1 Å². The van der Waals surface area contributed by atoms with Crippen molar-refractivity contribution in [3.8, 4) is 0 Å². The third-order valence-electron chi connectivity index (χ3n) is 3.45. The molecular formula is C16H15BrN2. The lowest BCUT2D eigenvalue weighted by Gasteiger charge is -2.09. The predicted octanol–water partition coefficient (Wildman–Crippen LogP) is 4.34. The summed E-state index contributed by atoms with van der Waals surface area (Å²) < 4.78 is 3.32. The van der Waals surface area contributed by atoms with Gasteiger partial charge in [-0.3, -0.25) is 0 Å². The van der Waals surface area contributed by atoms with Gasteiger partial charge in [-0.2, -0.15) is 0 Å². The van der Waals surface area contributed by atoms with Gasteiger partial charge < -0.3 is 10.3 Å². The number of nitrogens with two attached hydrogens (primary N) is 1. The summed E-state index contributed by atoms with van der Waals surface area (Å²) in [6.07, 6.45) is 2.14. The van der Waals surface area contributed by atoms with Crippen LogP contribution in [0, 0.1) is 6.92 Å². The van der Waals surface area contributed by atoms with Crippen molar-refractivity contribution in [2.24, 2.45) is 0 Å². The van der Waals surface area contributed by atoms with Crippen molar-refractivity contribution >= 4 is 32.5 Å². The van der Waals surface area contributed by atoms with Gasteiger partial charge in [-0.1, -0.05) is 34.1 Å². The number of benzene rings is 2. The van der Waals surface area contributed by atoms with Crippen molar-refractivity contribution in [2.45, 2.75) is 13.5 Å². The summed E-state index contributed by atoms with van der Waals surface area (Å²) in [6, 6.07) is 14.5. The smallest absolute Gasteiger partial charge is 0.0487 e. The first kappa shape index (κ1) is 12.3. The quantitative estimate of drug-likeness (QED) is 0.701. The monoisotopic (exact) mass is 314 g/mol. The van der Waals surface area contributed by atoms with Crippen molar-refractivity contribution in [1.82, 2.24) is 4.57 Å². The Morgan fingerprint density at radius 2 is 2.00 bits per heavy atom. The van der Waals surface area contributed by atoms with Gasteiger partial charge in [-0.25, -0.2) is 0 Å². The van der Waals surface area contributed by atoms with E-state index >= 15 is 0 Å². The van der Waals surface area contributed by atoms with Crippen LogP contribution in [0.5, 0.6) is 0 Å². The molecule has 0 aliphatic carbocycles. The maximum atomic E-state index is 5.77. The summed E-state index contributed by atoms with van der Waals surface area (Å²) in [4.78, 5) is 0. The highest BCUT2D eigenvalue weighted by molar-refractivity contribution is 9.10. The lowest BCUT2D eigenvalue weighted by Crippen LogP contribution is -1.99. The van der Waals surface area contributed by atoms with E-state index in [1.165, 1.54) is 22.0 Å². The number of hydrogen-bond acceptors (Lipinski definition) is 1. The SMILES string of the molecule is Cc1cccc2c1ccn2Cc1ccc(N)cc1Br. The molecule has 0 aliphatic rings. The molecule has 2 nitrogen and oxygen atoms in total. The minimum absolute atomic E-state index is 0.781. The molecule has 0 saturated carbocycles. The summed E-state index contributed by atoms with van der Waals surface area (Å²) in [5.41, 5.74) is 10.4. The molecular weight excluding hydrogens is 300 g/mol. The van der Waals surface area contributed by atoms with Gasteiger partial charge in [0, 0.05) is 33.8 Å². The Balaban J connectivity index is 2.04. The Kier molecular flexibility index (Phi) is 3.07. The van der Waals surface area contributed by atoms with E-state index in [0.717, 1.165) is 16.7 Å². The minimum atomic E-state index is 0.781. The van der Waals surface area contributed by atoms with Gasteiger partial charge in [-0.05, 0) is 42.3 Å². The van der Waals surface area contributed by atoms with Crippen LogP contribution in [-0.2, 0) is 6.54 Å². The molecule has 1 aromatic heterocycles. The third-order valence-corrected chi connectivity index (χ3v) is 4.19. The molecule has 2 aromatic carbocycles. The van der Waals surface area contributed by atoms with E-state index in [2.05, 4.69) is 63.9 Å². The van der Waals surface area contributed by atoms with E-state index in [4.69, 9.17) is 5.73 Å². The van der Waals surface area contributed by atoms with Crippen LogP contribution in [0.3, 0.4) is 0 Å². The van der Waals surface area contributed by atoms with Crippen molar-refractivity contribution in [3.63, 3.8) is 0 Å². The summed E-state index contributed by atoms with van der Waals surface area (Å²) in [5.74, 6) is 0. The van der Waals surface area contributed by atoms with Gasteiger partial charge in [0.25, 0.3) is 0 Å². The molecule has 0 radical (unpaired) electrons. The molecule has 1 heterocycles. The normalized spacial score (nSPS) is 11.1. The fourth-order valence-electron chi connectivity index (χ4n) is 2.39. The van der Waals surface area contributed by atoms with E-state index in [0.29, 0.717) is 0 Å². The van der Waals surface area contributed by atoms with Crippen LogP contribution in [0.2, 0.25) is 0 Å². The largest absolute Gasteiger partial charge is 0.399 e. The number of rotatable bonds is 2. The van der Waals surface area contributed by atoms with Gasteiger partial charge in [0.1, 0.15) is 0 Å². The first-order valence-electron chi connectivity index (χ1n) is 6.23.